The third kappa shape index (κ3) is 3.57. The van der Waals surface area contributed by atoms with E-state index in [1.54, 1.807) is 0 Å². The lowest BCUT2D eigenvalue weighted by Crippen LogP contribution is -2.41. The van der Waals surface area contributed by atoms with Gasteiger partial charge in [0, 0.05) is 5.02 Å². The highest BCUT2D eigenvalue weighted by Gasteiger charge is 2.51. The molecule has 0 spiro atoms. The average molecular weight is 339 g/mol. The molecule has 0 bridgehead atoms. The van der Waals surface area contributed by atoms with Gasteiger partial charge in [-0.1, -0.05) is 24.6 Å². The lowest BCUT2D eigenvalue weighted by molar-refractivity contribution is -0.139. The van der Waals surface area contributed by atoms with Gasteiger partial charge in [0.15, 0.2) is 0 Å². The first kappa shape index (κ1) is 18.3. The molecule has 1 aromatic carbocycles. The second kappa shape index (κ2) is 6.46. The number of halogens is 1. The molecule has 0 unspecified atom stereocenters. The van der Waals surface area contributed by atoms with Crippen molar-refractivity contribution in [3.8, 4) is 0 Å². The second-order valence-corrected chi connectivity index (χ2v) is 7.24. The van der Waals surface area contributed by atoms with E-state index in [9.17, 15) is 4.79 Å². The van der Waals surface area contributed by atoms with Gasteiger partial charge in [-0.2, -0.15) is 0 Å². The van der Waals surface area contributed by atoms with Crippen molar-refractivity contribution >= 4 is 30.2 Å². The van der Waals surface area contributed by atoms with E-state index < -0.39 is 18.3 Å². The van der Waals surface area contributed by atoms with Crippen molar-refractivity contribution in [3.05, 3.63) is 28.3 Å². The molecule has 1 fully saturated rings. The van der Waals surface area contributed by atoms with Gasteiger partial charge in [0.2, 0.25) is 0 Å². The van der Waals surface area contributed by atoms with Crippen LogP contribution in [0.2, 0.25) is 5.02 Å². The van der Waals surface area contributed by atoms with Crippen molar-refractivity contribution in [2.45, 2.75) is 58.7 Å². The summed E-state index contributed by atoms with van der Waals surface area (Å²) in [6.07, 6.45) is 0.932. The number of benzene rings is 1. The highest BCUT2D eigenvalue weighted by molar-refractivity contribution is 6.62. The van der Waals surface area contributed by atoms with Crippen molar-refractivity contribution < 1.29 is 18.8 Å². The van der Waals surface area contributed by atoms with Gasteiger partial charge in [-0.25, -0.2) is 0 Å². The maximum atomic E-state index is 11.6. The highest BCUT2D eigenvalue weighted by Crippen LogP contribution is 2.37. The van der Waals surface area contributed by atoms with Crippen molar-refractivity contribution in [2.75, 3.05) is 7.11 Å². The van der Waals surface area contributed by atoms with E-state index in [-0.39, 0.29) is 12.4 Å². The zero-order valence-corrected chi connectivity index (χ0v) is 15.4. The highest BCUT2D eigenvalue weighted by atomic mass is 35.5. The molecular formula is C17H24BClO4. The lowest BCUT2D eigenvalue weighted by atomic mass is 9.77. The third-order valence-electron chi connectivity index (χ3n) is 4.77. The molecule has 6 heteroatoms. The number of rotatable bonds is 4. The Kier molecular flexibility index (Phi) is 5.14. The summed E-state index contributed by atoms with van der Waals surface area (Å²) < 4.78 is 16.9. The van der Waals surface area contributed by atoms with Crippen LogP contribution in [0.15, 0.2) is 12.1 Å². The molecule has 0 aliphatic carbocycles. The molecular weight excluding hydrogens is 314 g/mol. The summed E-state index contributed by atoms with van der Waals surface area (Å²) in [4.78, 5) is 11.6. The molecule has 0 atom stereocenters. The Morgan fingerprint density at radius 3 is 2.26 bits per heavy atom. The molecule has 1 aliphatic rings. The third-order valence-corrected chi connectivity index (χ3v) is 5.10. The van der Waals surface area contributed by atoms with Gasteiger partial charge in [0.25, 0.3) is 0 Å². The molecule has 1 aliphatic heterocycles. The molecule has 1 heterocycles. The van der Waals surface area contributed by atoms with Gasteiger partial charge in [0.1, 0.15) is 0 Å². The van der Waals surface area contributed by atoms with Crippen LogP contribution in [0, 0.1) is 0 Å². The Hall–Kier alpha value is -1.04. The number of hydrogen-bond donors (Lipinski definition) is 0. The minimum absolute atomic E-state index is 0.169. The molecule has 4 nitrogen and oxygen atoms in total. The Labute approximate surface area is 143 Å². The van der Waals surface area contributed by atoms with Crippen LogP contribution < -0.4 is 5.46 Å². The van der Waals surface area contributed by atoms with E-state index in [2.05, 4.69) is 0 Å². The van der Waals surface area contributed by atoms with Crippen molar-refractivity contribution in [2.24, 2.45) is 0 Å². The van der Waals surface area contributed by atoms with Crippen LogP contribution in [0.25, 0.3) is 0 Å². The molecule has 0 radical (unpaired) electrons. The first-order valence-corrected chi connectivity index (χ1v) is 8.22. The van der Waals surface area contributed by atoms with E-state index in [1.165, 1.54) is 7.11 Å². The van der Waals surface area contributed by atoms with E-state index in [0.29, 0.717) is 5.02 Å². The van der Waals surface area contributed by atoms with E-state index in [1.807, 2.05) is 46.8 Å². The fourth-order valence-corrected chi connectivity index (χ4v) is 2.88. The minimum atomic E-state index is -0.463. The van der Waals surface area contributed by atoms with Crippen LogP contribution in [0.3, 0.4) is 0 Å². The van der Waals surface area contributed by atoms with Crippen LogP contribution in [-0.2, 0) is 31.7 Å². The maximum absolute atomic E-state index is 11.6. The number of carbonyl (C=O) groups excluding carboxylic acids is 1. The zero-order chi connectivity index (χ0) is 17.4. The summed E-state index contributed by atoms with van der Waals surface area (Å²) in [6.45, 7) is 10.1. The van der Waals surface area contributed by atoms with Gasteiger partial charge in [-0.3, -0.25) is 4.79 Å². The van der Waals surface area contributed by atoms with Gasteiger partial charge in [-0.15, -0.1) is 0 Å². The number of esters is 1. The topological polar surface area (TPSA) is 44.8 Å². The van der Waals surface area contributed by atoms with E-state index in [4.69, 9.17) is 25.6 Å². The standard InChI is InChI=1S/C17H24BClO4/c1-7-11-8-12(9-14(19)13(11)10-15(20)21-6)18-22-16(2,3)17(4,5)23-18/h8-9H,7,10H2,1-6H3. The molecule has 0 N–H and O–H groups in total. The first-order chi connectivity index (χ1) is 10.6. The zero-order valence-electron chi connectivity index (χ0n) is 14.7. The quantitative estimate of drug-likeness (QED) is 0.625. The molecule has 1 saturated heterocycles. The predicted molar refractivity (Wildman–Crippen MR) is 92.3 cm³/mol. The summed E-state index contributed by atoms with van der Waals surface area (Å²) in [7, 11) is 0.913. The Bertz CT molecular complexity index is 597. The average Bonchev–Trinajstić information content (AvgIpc) is 2.69. The number of ether oxygens (including phenoxy) is 1. The molecule has 0 aromatic heterocycles. The SMILES string of the molecule is CCc1cc(B2OC(C)(C)C(C)(C)O2)cc(Cl)c1CC(=O)OC. The molecule has 2 rings (SSSR count). The second-order valence-electron chi connectivity index (χ2n) is 6.84. The fraction of sp³-hybridized carbons (Fsp3) is 0.588. The van der Waals surface area contributed by atoms with Crippen LogP contribution in [0.1, 0.15) is 45.7 Å². The van der Waals surface area contributed by atoms with E-state index >= 15 is 0 Å². The van der Waals surface area contributed by atoms with Gasteiger partial charge in [-0.05, 0) is 56.8 Å². The Morgan fingerprint density at radius 2 is 1.78 bits per heavy atom. The summed E-state index contributed by atoms with van der Waals surface area (Å²) in [6, 6.07) is 3.83. The summed E-state index contributed by atoms with van der Waals surface area (Å²) in [5.74, 6) is -0.301. The van der Waals surface area contributed by atoms with Crippen molar-refractivity contribution in [1.29, 1.82) is 0 Å². The molecule has 0 saturated carbocycles. The molecule has 0 amide bonds. The number of methoxy groups -OCH3 is 1. The van der Waals surface area contributed by atoms with Crippen LogP contribution in [-0.4, -0.2) is 31.4 Å². The normalized spacial score (nSPS) is 19.0. The van der Waals surface area contributed by atoms with Gasteiger partial charge >= 0.3 is 13.1 Å². The maximum Gasteiger partial charge on any atom is 0.494 e. The van der Waals surface area contributed by atoms with Crippen LogP contribution in [0.5, 0.6) is 0 Å². The minimum Gasteiger partial charge on any atom is -0.469 e. The Morgan fingerprint density at radius 1 is 1.22 bits per heavy atom. The monoisotopic (exact) mass is 338 g/mol. The first-order valence-electron chi connectivity index (χ1n) is 7.85. The summed E-state index contributed by atoms with van der Waals surface area (Å²) in [5, 5.41) is 0.541. The van der Waals surface area contributed by atoms with E-state index in [0.717, 1.165) is 23.0 Å². The fourth-order valence-electron chi connectivity index (χ4n) is 2.56. The molecule has 126 valence electrons. The summed E-state index contributed by atoms with van der Waals surface area (Å²) in [5.41, 5.74) is 1.88. The number of carbonyl (C=O) groups is 1. The number of hydrogen-bond acceptors (Lipinski definition) is 4. The number of aryl methyl sites for hydroxylation is 1. The molecule has 1 aromatic rings. The van der Waals surface area contributed by atoms with Crippen LogP contribution in [0.4, 0.5) is 0 Å². The lowest BCUT2D eigenvalue weighted by Gasteiger charge is -2.32. The summed E-state index contributed by atoms with van der Waals surface area (Å²) >= 11 is 6.42. The van der Waals surface area contributed by atoms with Crippen molar-refractivity contribution in [3.63, 3.8) is 0 Å². The van der Waals surface area contributed by atoms with Crippen molar-refractivity contribution in [1.82, 2.24) is 0 Å². The van der Waals surface area contributed by atoms with Crippen LogP contribution >= 0.6 is 11.6 Å². The van der Waals surface area contributed by atoms with Gasteiger partial charge < -0.3 is 14.0 Å². The smallest absolute Gasteiger partial charge is 0.469 e. The van der Waals surface area contributed by atoms with Gasteiger partial charge in [0.05, 0.1) is 24.7 Å². The Balaban J connectivity index is 2.36. The largest absolute Gasteiger partial charge is 0.494 e. The molecule has 23 heavy (non-hydrogen) atoms. The predicted octanol–water partition coefficient (Wildman–Crippen LogP) is 2.92.